The van der Waals surface area contributed by atoms with E-state index in [1.807, 2.05) is 0 Å². The van der Waals surface area contributed by atoms with Gasteiger partial charge in [-0.3, -0.25) is 4.90 Å². The number of nitrogens with zero attached hydrogens (tertiary/aromatic N) is 3. The zero-order valence-corrected chi connectivity index (χ0v) is 13.9. The van der Waals surface area contributed by atoms with E-state index >= 15 is 0 Å². The molecule has 1 aliphatic heterocycles. The van der Waals surface area contributed by atoms with E-state index in [1.54, 1.807) is 0 Å². The van der Waals surface area contributed by atoms with Gasteiger partial charge in [-0.2, -0.15) is 4.98 Å². The summed E-state index contributed by atoms with van der Waals surface area (Å²) >= 11 is 0. The summed E-state index contributed by atoms with van der Waals surface area (Å²) in [5.74, 6) is 0.706. The molecule has 2 atom stereocenters. The molecule has 1 aromatic heterocycles. The van der Waals surface area contributed by atoms with Crippen LogP contribution < -0.4 is 0 Å². The number of aliphatic hydroxyl groups excluding tert-OH is 1. The number of piperidine rings is 1. The zero-order chi connectivity index (χ0) is 17.4. The molecule has 0 bridgehead atoms. The van der Waals surface area contributed by atoms with E-state index in [9.17, 15) is 13.9 Å². The van der Waals surface area contributed by atoms with E-state index in [4.69, 9.17) is 4.52 Å². The molecule has 2 fully saturated rings. The minimum absolute atomic E-state index is 0.124. The van der Waals surface area contributed by atoms with Gasteiger partial charge in [0.25, 0.3) is 0 Å². The van der Waals surface area contributed by atoms with Gasteiger partial charge in [-0.25, -0.2) is 8.78 Å². The van der Waals surface area contributed by atoms with Crippen LogP contribution in [0.5, 0.6) is 0 Å². The van der Waals surface area contributed by atoms with E-state index in [1.165, 1.54) is 12.1 Å². The molecule has 0 radical (unpaired) electrons. The minimum Gasteiger partial charge on any atom is -0.387 e. The highest BCUT2D eigenvalue weighted by Gasteiger charge is 2.32. The Morgan fingerprint density at radius 1 is 1.24 bits per heavy atom. The van der Waals surface area contributed by atoms with Crippen molar-refractivity contribution in [2.24, 2.45) is 0 Å². The first-order valence-corrected chi connectivity index (χ1v) is 8.79. The first-order valence-electron chi connectivity index (χ1n) is 8.79. The summed E-state index contributed by atoms with van der Waals surface area (Å²) < 4.78 is 32.2. The molecule has 134 valence electrons. The second-order valence-electron chi connectivity index (χ2n) is 7.05. The first kappa shape index (κ1) is 16.6. The zero-order valence-electron chi connectivity index (χ0n) is 13.9. The average molecular weight is 349 g/mol. The SMILES string of the molecule is O[C@H](CN1CCC[C@H](c2noc(C3CC3)n2)C1)c1ccc(F)cc1F. The van der Waals surface area contributed by atoms with Crippen molar-refractivity contribution in [3.8, 4) is 0 Å². The maximum Gasteiger partial charge on any atom is 0.229 e. The topological polar surface area (TPSA) is 62.4 Å². The maximum atomic E-state index is 13.8. The summed E-state index contributed by atoms with van der Waals surface area (Å²) in [6.45, 7) is 1.82. The molecule has 0 spiro atoms. The molecule has 7 heteroatoms. The van der Waals surface area contributed by atoms with Crippen molar-refractivity contribution in [2.75, 3.05) is 19.6 Å². The monoisotopic (exact) mass is 349 g/mol. The van der Waals surface area contributed by atoms with Gasteiger partial charge in [0.1, 0.15) is 11.6 Å². The largest absolute Gasteiger partial charge is 0.387 e. The molecule has 0 unspecified atom stereocenters. The molecule has 2 aliphatic rings. The molecular weight excluding hydrogens is 328 g/mol. The summed E-state index contributed by atoms with van der Waals surface area (Å²) in [4.78, 5) is 6.60. The second-order valence-corrected chi connectivity index (χ2v) is 7.05. The van der Waals surface area contributed by atoms with Crippen LogP contribution in [0, 0.1) is 11.6 Å². The van der Waals surface area contributed by atoms with Gasteiger partial charge in [-0.15, -0.1) is 0 Å². The molecule has 1 saturated carbocycles. The summed E-state index contributed by atoms with van der Waals surface area (Å²) in [6, 6.07) is 3.27. The number of benzene rings is 1. The number of hydrogen-bond donors (Lipinski definition) is 1. The Labute approximate surface area is 144 Å². The Kier molecular flexibility index (Phi) is 4.52. The van der Waals surface area contributed by atoms with Crippen LogP contribution in [0.4, 0.5) is 8.78 Å². The summed E-state index contributed by atoms with van der Waals surface area (Å²) in [6.07, 6.45) is 3.17. The summed E-state index contributed by atoms with van der Waals surface area (Å²) in [7, 11) is 0. The van der Waals surface area contributed by atoms with Crippen LogP contribution in [0.1, 0.15) is 60.9 Å². The number of aromatic nitrogens is 2. The van der Waals surface area contributed by atoms with Gasteiger partial charge < -0.3 is 9.63 Å². The van der Waals surface area contributed by atoms with Crippen molar-refractivity contribution < 1.29 is 18.4 Å². The molecule has 1 N–H and O–H groups in total. The maximum absolute atomic E-state index is 13.8. The highest BCUT2D eigenvalue weighted by Crippen LogP contribution is 2.39. The quantitative estimate of drug-likeness (QED) is 0.898. The lowest BCUT2D eigenvalue weighted by Gasteiger charge is -2.32. The highest BCUT2D eigenvalue weighted by molar-refractivity contribution is 5.21. The van der Waals surface area contributed by atoms with E-state index in [-0.39, 0.29) is 11.5 Å². The molecule has 5 nitrogen and oxygen atoms in total. The van der Waals surface area contributed by atoms with Crippen molar-refractivity contribution in [3.05, 3.63) is 47.1 Å². The molecule has 0 amide bonds. The lowest BCUT2D eigenvalue weighted by Crippen LogP contribution is -2.37. The molecule has 4 rings (SSSR count). The van der Waals surface area contributed by atoms with Gasteiger partial charge >= 0.3 is 0 Å². The molecule has 1 aliphatic carbocycles. The van der Waals surface area contributed by atoms with Crippen LogP contribution >= 0.6 is 0 Å². The molecule has 1 saturated heterocycles. The van der Waals surface area contributed by atoms with Gasteiger partial charge in [-0.05, 0) is 38.3 Å². The van der Waals surface area contributed by atoms with E-state index in [2.05, 4.69) is 15.0 Å². The standard InChI is InChI=1S/C18H21F2N3O2/c19-13-5-6-14(15(20)8-13)16(24)10-23-7-1-2-12(9-23)17-21-18(25-22-17)11-3-4-11/h5-6,8,11-12,16,24H,1-4,7,9-10H2/t12-,16+/m0/s1. The van der Waals surface area contributed by atoms with Gasteiger partial charge in [-0.1, -0.05) is 11.2 Å². The van der Waals surface area contributed by atoms with Crippen LogP contribution in [0.15, 0.2) is 22.7 Å². The van der Waals surface area contributed by atoms with Crippen molar-refractivity contribution in [1.82, 2.24) is 15.0 Å². The number of halogens is 2. The van der Waals surface area contributed by atoms with Gasteiger partial charge in [0.15, 0.2) is 5.82 Å². The fraction of sp³-hybridized carbons (Fsp3) is 0.556. The van der Waals surface area contributed by atoms with Crippen molar-refractivity contribution in [1.29, 1.82) is 0 Å². The Hall–Kier alpha value is -1.86. The predicted octanol–water partition coefficient (Wildman–Crippen LogP) is 3.14. The van der Waals surface area contributed by atoms with Crippen LogP contribution in [-0.4, -0.2) is 39.8 Å². The Morgan fingerprint density at radius 2 is 2.08 bits per heavy atom. The van der Waals surface area contributed by atoms with Gasteiger partial charge in [0.2, 0.25) is 5.89 Å². The molecular formula is C18H21F2N3O2. The fourth-order valence-electron chi connectivity index (χ4n) is 3.46. The molecule has 1 aromatic carbocycles. The summed E-state index contributed by atoms with van der Waals surface area (Å²) in [5, 5.41) is 14.5. The van der Waals surface area contributed by atoms with Crippen LogP contribution in [0.3, 0.4) is 0 Å². The first-order chi connectivity index (χ1) is 12.1. The Bertz CT molecular complexity index is 748. The van der Waals surface area contributed by atoms with Crippen molar-refractivity contribution >= 4 is 0 Å². The van der Waals surface area contributed by atoms with Crippen LogP contribution in [-0.2, 0) is 0 Å². The number of β-amino-alcohol motifs (C(OH)–C–C–N with tert-alkyl or cyclic N) is 1. The number of rotatable bonds is 5. The third kappa shape index (κ3) is 3.72. The molecule has 2 heterocycles. The van der Waals surface area contributed by atoms with Gasteiger partial charge in [0.05, 0.1) is 6.10 Å². The smallest absolute Gasteiger partial charge is 0.229 e. The number of aliphatic hydroxyl groups is 1. The van der Waals surface area contributed by atoms with E-state index < -0.39 is 17.7 Å². The predicted molar refractivity (Wildman–Crippen MR) is 86.0 cm³/mol. The van der Waals surface area contributed by atoms with Crippen molar-refractivity contribution in [3.63, 3.8) is 0 Å². The summed E-state index contributed by atoms with van der Waals surface area (Å²) in [5.41, 5.74) is 0.124. The Morgan fingerprint density at radius 3 is 2.84 bits per heavy atom. The Balaban J connectivity index is 1.40. The fourth-order valence-corrected chi connectivity index (χ4v) is 3.46. The van der Waals surface area contributed by atoms with Gasteiger partial charge in [0, 0.05) is 36.6 Å². The third-order valence-electron chi connectivity index (χ3n) is 5.01. The minimum atomic E-state index is -0.994. The lowest BCUT2D eigenvalue weighted by molar-refractivity contribution is 0.0917. The molecule has 2 aromatic rings. The second kappa shape index (κ2) is 6.80. The lowest BCUT2D eigenvalue weighted by atomic mass is 9.96. The average Bonchev–Trinajstić information content (AvgIpc) is 3.32. The molecule has 25 heavy (non-hydrogen) atoms. The van der Waals surface area contributed by atoms with Crippen molar-refractivity contribution in [2.45, 2.75) is 43.6 Å². The van der Waals surface area contributed by atoms with Crippen LogP contribution in [0.2, 0.25) is 0 Å². The third-order valence-corrected chi connectivity index (χ3v) is 5.01. The number of hydrogen-bond acceptors (Lipinski definition) is 5. The highest BCUT2D eigenvalue weighted by atomic mass is 19.1. The van der Waals surface area contributed by atoms with E-state index in [0.29, 0.717) is 19.0 Å². The van der Waals surface area contributed by atoms with Crippen LogP contribution in [0.25, 0.3) is 0 Å². The van der Waals surface area contributed by atoms with E-state index in [0.717, 1.165) is 50.0 Å². The number of likely N-dealkylation sites (tertiary alicyclic amines) is 1. The normalized spacial score (nSPS) is 22.9.